The zero-order valence-corrected chi connectivity index (χ0v) is 11.3. The van der Waals surface area contributed by atoms with Crippen molar-refractivity contribution in [2.75, 3.05) is 11.9 Å². The van der Waals surface area contributed by atoms with Crippen molar-refractivity contribution in [3.63, 3.8) is 0 Å². The summed E-state index contributed by atoms with van der Waals surface area (Å²) >= 11 is 0. The Kier molecular flexibility index (Phi) is 5.04. The van der Waals surface area contributed by atoms with Gasteiger partial charge in [0.2, 0.25) is 0 Å². The molecule has 0 saturated carbocycles. The van der Waals surface area contributed by atoms with Crippen LogP contribution in [-0.4, -0.2) is 18.4 Å². The molecule has 0 aliphatic heterocycles. The number of para-hydroxylation sites is 1. The number of nitrogens with one attached hydrogen (secondary N) is 2. The number of anilines is 1. The summed E-state index contributed by atoms with van der Waals surface area (Å²) in [5.74, 6) is -1.80. The molecule has 5 heteroatoms. The highest BCUT2D eigenvalue weighted by molar-refractivity contribution is 6.39. The van der Waals surface area contributed by atoms with E-state index in [1.165, 1.54) is 6.07 Å². The Hall–Kier alpha value is -2.69. The molecular weight excluding hydrogens is 271 g/mol. The second kappa shape index (κ2) is 7.19. The van der Waals surface area contributed by atoms with E-state index in [1.54, 1.807) is 42.5 Å². The molecule has 21 heavy (non-hydrogen) atoms. The first-order valence-corrected chi connectivity index (χ1v) is 6.54. The molecule has 2 aromatic rings. The van der Waals surface area contributed by atoms with Gasteiger partial charge in [-0.15, -0.1) is 0 Å². The van der Waals surface area contributed by atoms with Crippen molar-refractivity contribution < 1.29 is 14.0 Å². The molecule has 2 amide bonds. The van der Waals surface area contributed by atoms with Gasteiger partial charge in [-0.25, -0.2) is 4.39 Å². The quantitative estimate of drug-likeness (QED) is 0.846. The van der Waals surface area contributed by atoms with Gasteiger partial charge in [0.15, 0.2) is 0 Å². The molecule has 4 nitrogen and oxygen atoms in total. The molecule has 0 heterocycles. The molecule has 0 aliphatic carbocycles. The fourth-order valence-electron chi connectivity index (χ4n) is 1.80. The minimum Gasteiger partial charge on any atom is -0.347 e. The second-order valence-electron chi connectivity index (χ2n) is 4.42. The van der Waals surface area contributed by atoms with Crippen LogP contribution in [0.3, 0.4) is 0 Å². The van der Waals surface area contributed by atoms with Crippen LogP contribution < -0.4 is 10.6 Å². The Balaban J connectivity index is 1.79. The van der Waals surface area contributed by atoms with Gasteiger partial charge in [0.05, 0.1) is 0 Å². The van der Waals surface area contributed by atoms with Crippen molar-refractivity contribution in [3.8, 4) is 0 Å². The Morgan fingerprint density at radius 2 is 1.57 bits per heavy atom. The summed E-state index contributed by atoms with van der Waals surface area (Å²) in [5.41, 5.74) is 1.05. The van der Waals surface area contributed by atoms with E-state index in [-0.39, 0.29) is 12.4 Å². The van der Waals surface area contributed by atoms with E-state index in [9.17, 15) is 14.0 Å². The van der Waals surface area contributed by atoms with Crippen LogP contribution in [0.5, 0.6) is 0 Å². The molecule has 0 bridgehead atoms. The van der Waals surface area contributed by atoms with Crippen molar-refractivity contribution in [3.05, 3.63) is 66.0 Å². The third kappa shape index (κ3) is 4.42. The van der Waals surface area contributed by atoms with Gasteiger partial charge in [-0.3, -0.25) is 9.59 Å². The van der Waals surface area contributed by atoms with Crippen LogP contribution in [-0.2, 0) is 16.0 Å². The highest BCUT2D eigenvalue weighted by Crippen LogP contribution is 2.06. The van der Waals surface area contributed by atoms with Crippen LogP contribution in [0.4, 0.5) is 10.1 Å². The number of hydrogen-bond acceptors (Lipinski definition) is 2. The highest BCUT2D eigenvalue weighted by Gasteiger charge is 2.13. The Morgan fingerprint density at radius 3 is 2.29 bits per heavy atom. The number of amides is 2. The number of halogens is 1. The molecule has 0 unspecified atom stereocenters. The standard InChI is InChI=1S/C16H15FN2O2/c17-14-9-5-4-6-12(14)10-11-18-15(20)16(21)19-13-7-2-1-3-8-13/h1-9H,10-11H2,(H,18,20)(H,19,21). The van der Waals surface area contributed by atoms with E-state index in [2.05, 4.69) is 10.6 Å². The molecule has 0 fully saturated rings. The lowest BCUT2D eigenvalue weighted by molar-refractivity contribution is -0.136. The van der Waals surface area contributed by atoms with Crippen molar-refractivity contribution in [1.29, 1.82) is 0 Å². The first-order chi connectivity index (χ1) is 10.2. The van der Waals surface area contributed by atoms with E-state index >= 15 is 0 Å². The van der Waals surface area contributed by atoms with Gasteiger partial charge in [-0.1, -0.05) is 36.4 Å². The van der Waals surface area contributed by atoms with Crippen molar-refractivity contribution in [2.45, 2.75) is 6.42 Å². The maximum Gasteiger partial charge on any atom is 0.313 e. The minimum atomic E-state index is -0.741. The van der Waals surface area contributed by atoms with E-state index in [1.807, 2.05) is 6.07 Å². The SMILES string of the molecule is O=C(NCCc1ccccc1F)C(=O)Nc1ccccc1. The molecule has 2 aromatic carbocycles. The first kappa shape index (κ1) is 14.7. The molecule has 0 atom stereocenters. The Bertz CT molecular complexity index is 629. The van der Waals surface area contributed by atoms with Gasteiger partial charge >= 0.3 is 11.8 Å². The molecular formula is C16H15FN2O2. The summed E-state index contributed by atoms with van der Waals surface area (Å²) in [6.07, 6.45) is 0.330. The largest absolute Gasteiger partial charge is 0.347 e. The molecule has 2 rings (SSSR count). The fourth-order valence-corrected chi connectivity index (χ4v) is 1.80. The van der Waals surface area contributed by atoms with Gasteiger partial charge in [0.25, 0.3) is 0 Å². The molecule has 0 aromatic heterocycles. The molecule has 2 N–H and O–H groups in total. The Morgan fingerprint density at radius 1 is 0.905 bits per heavy atom. The number of rotatable bonds is 4. The number of carbonyl (C=O) groups excluding carboxylic acids is 2. The van der Waals surface area contributed by atoms with E-state index in [0.717, 1.165) is 0 Å². The summed E-state index contributed by atoms with van der Waals surface area (Å²) in [4.78, 5) is 23.2. The zero-order chi connectivity index (χ0) is 15.1. The fraction of sp³-hybridized carbons (Fsp3) is 0.125. The lowest BCUT2D eigenvalue weighted by Crippen LogP contribution is -2.36. The minimum absolute atomic E-state index is 0.196. The third-order valence-corrected chi connectivity index (χ3v) is 2.88. The normalized spacial score (nSPS) is 9.95. The summed E-state index contributed by atoms with van der Waals surface area (Å²) in [6, 6.07) is 15.0. The van der Waals surface area contributed by atoms with Gasteiger partial charge in [-0.05, 0) is 30.2 Å². The predicted molar refractivity (Wildman–Crippen MR) is 78.2 cm³/mol. The smallest absolute Gasteiger partial charge is 0.313 e. The highest BCUT2D eigenvalue weighted by atomic mass is 19.1. The maximum atomic E-state index is 13.4. The van der Waals surface area contributed by atoms with Crippen LogP contribution in [0.15, 0.2) is 54.6 Å². The van der Waals surface area contributed by atoms with Crippen LogP contribution in [0.25, 0.3) is 0 Å². The van der Waals surface area contributed by atoms with Crippen LogP contribution >= 0.6 is 0 Å². The van der Waals surface area contributed by atoms with E-state index in [4.69, 9.17) is 0 Å². The van der Waals surface area contributed by atoms with Gasteiger partial charge in [-0.2, -0.15) is 0 Å². The van der Waals surface area contributed by atoms with Gasteiger partial charge < -0.3 is 10.6 Å². The molecule has 0 spiro atoms. The zero-order valence-electron chi connectivity index (χ0n) is 11.3. The number of benzene rings is 2. The average Bonchev–Trinajstić information content (AvgIpc) is 2.50. The lowest BCUT2D eigenvalue weighted by Gasteiger charge is -2.07. The first-order valence-electron chi connectivity index (χ1n) is 6.54. The summed E-state index contributed by atoms with van der Waals surface area (Å²) in [7, 11) is 0. The number of carbonyl (C=O) groups is 2. The van der Waals surface area contributed by atoms with Gasteiger partial charge in [0.1, 0.15) is 5.82 Å². The van der Waals surface area contributed by atoms with Gasteiger partial charge in [0, 0.05) is 12.2 Å². The monoisotopic (exact) mass is 286 g/mol. The van der Waals surface area contributed by atoms with E-state index < -0.39 is 11.8 Å². The molecule has 0 saturated heterocycles. The predicted octanol–water partition coefficient (Wildman–Crippen LogP) is 2.12. The summed E-state index contributed by atoms with van der Waals surface area (Å²) in [6.45, 7) is 0.196. The summed E-state index contributed by atoms with van der Waals surface area (Å²) < 4.78 is 13.4. The van der Waals surface area contributed by atoms with Crippen LogP contribution in [0, 0.1) is 5.82 Å². The topological polar surface area (TPSA) is 58.2 Å². The van der Waals surface area contributed by atoms with Crippen molar-refractivity contribution >= 4 is 17.5 Å². The third-order valence-electron chi connectivity index (χ3n) is 2.88. The number of hydrogen-bond donors (Lipinski definition) is 2. The maximum absolute atomic E-state index is 13.4. The molecule has 0 radical (unpaired) electrons. The lowest BCUT2D eigenvalue weighted by atomic mass is 10.1. The van der Waals surface area contributed by atoms with Crippen LogP contribution in [0.2, 0.25) is 0 Å². The van der Waals surface area contributed by atoms with Crippen molar-refractivity contribution in [2.24, 2.45) is 0 Å². The summed E-state index contributed by atoms with van der Waals surface area (Å²) in [5, 5.41) is 4.94. The average molecular weight is 286 g/mol. The molecule has 108 valence electrons. The molecule has 0 aliphatic rings. The Labute approximate surface area is 122 Å². The van der Waals surface area contributed by atoms with Crippen molar-refractivity contribution in [1.82, 2.24) is 5.32 Å². The van der Waals surface area contributed by atoms with E-state index in [0.29, 0.717) is 17.7 Å². The second-order valence-corrected chi connectivity index (χ2v) is 4.42. The van der Waals surface area contributed by atoms with Crippen LogP contribution in [0.1, 0.15) is 5.56 Å².